The molecule has 1 aromatic heterocycles. The van der Waals surface area contributed by atoms with Gasteiger partial charge in [0.1, 0.15) is 0 Å². The number of para-hydroxylation sites is 1. The van der Waals surface area contributed by atoms with Crippen LogP contribution in [0.25, 0.3) is 10.9 Å². The molecule has 1 N–H and O–H groups in total. The van der Waals surface area contributed by atoms with Gasteiger partial charge in [0.2, 0.25) is 0 Å². The Hall–Kier alpha value is -1.81. The SMILES string of the molecule is CCCn1cc(C(=O)NCC2CCCO2)c2ccccc21. The molecular weight excluding hydrogens is 264 g/mol. The molecule has 1 amide bonds. The molecule has 2 heterocycles. The predicted molar refractivity (Wildman–Crippen MR) is 83.5 cm³/mol. The molecule has 1 aliphatic heterocycles. The molecule has 1 aromatic carbocycles. The van der Waals surface area contributed by atoms with E-state index in [0.29, 0.717) is 6.54 Å². The topological polar surface area (TPSA) is 43.3 Å². The minimum absolute atomic E-state index is 0.00319. The van der Waals surface area contributed by atoms with Crippen molar-refractivity contribution in [1.29, 1.82) is 0 Å². The van der Waals surface area contributed by atoms with E-state index in [0.717, 1.165) is 48.9 Å². The molecule has 1 fully saturated rings. The Morgan fingerprint density at radius 2 is 2.29 bits per heavy atom. The summed E-state index contributed by atoms with van der Waals surface area (Å²) in [5.41, 5.74) is 1.89. The maximum Gasteiger partial charge on any atom is 0.253 e. The highest BCUT2D eigenvalue weighted by atomic mass is 16.5. The lowest BCUT2D eigenvalue weighted by atomic mass is 10.1. The van der Waals surface area contributed by atoms with Crippen LogP contribution < -0.4 is 5.32 Å². The highest BCUT2D eigenvalue weighted by Crippen LogP contribution is 2.22. The van der Waals surface area contributed by atoms with Gasteiger partial charge in [0.25, 0.3) is 5.91 Å². The van der Waals surface area contributed by atoms with Crippen molar-refractivity contribution in [1.82, 2.24) is 9.88 Å². The Morgan fingerprint density at radius 3 is 3.05 bits per heavy atom. The average Bonchev–Trinajstić information content (AvgIpc) is 3.14. The van der Waals surface area contributed by atoms with E-state index in [1.807, 2.05) is 24.4 Å². The molecule has 2 aromatic rings. The van der Waals surface area contributed by atoms with Gasteiger partial charge in [-0.25, -0.2) is 0 Å². The average molecular weight is 286 g/mol. The smallest absolute Gasteiger partial charge is 0.253 e. The van der Waals surface area contributed by atoms with Crippen LogP contribution in [0, 0.1) is 0 Å². The van der Waals surface area contributed by atoms with Crippen molar-refractivity contribution in [3.8, 4) is 0 Å². The van der Waals surface area contributed by atoms with Crippen molar-refractivity contribution >= 4 is 16.8 Å². The molecular formula is C17H22N2O2. The number of amides is 1. The summed E-state index contributed by atoms with van der Waals surface area (Å²) in [7, 11) is 0. The van der Waals surface area contributed by atoms with Crippen LogP contribution in [0.2, 0.25) is 0 Å². The summed E-state index contributed by atoms with van der Waals surface area (Å²) in [6.07, 6.45) is 5.33. The molecule has 0 radical (unpaired) electrons. The van der Waals surface area contributed by atoms with Crippen molar-refractivity contribution in [3.63, 3.8) is 0 Å². The van der Waals surface area contributed by atoms with Crippen molar-refractivity contribution in [2.75, 3.05) is 13.2 Å². The number of aryl methyl sites for hydroxylation is 1. The summed E-state index contributed by atoms with van der Waals surface area (Å²) >= 11 is 0. The Balaban J connectivity index is 1.80. The van der Waals surface area contributed by atoms with E-state index in [4.69, 9.17) is 4.74 Å². The fraction of sp³-hybridized carbons (Fsp3) is 0.471. The molecule has 1 aliphatic rings. The summed E-state index contributed by atoms with van der Waals surface area (Å²) in [5.74, 6) is -0.00319. The second-order valence-corrected chi connectivity index (χ2v) is 5.60. The number of benzene rings is 1. The number of rotatable bonds is 5. The highest BCUT2D eigenvalue weighted by molar-refractivity contribution is 6.07. The van der Waals surface area contributed by atoms with Crippen molar-refractivity contribution < 1.29 is 9.53 Å². The minimum Gasteiger partial charge on any atom is -0.376 e. The molecule has 0 spiro atoms. The zero-order valence-electron chi connectivity index (χ0n) is 12.5. The van der Waals surface area contributed by atoms with Crippen molar-refractivity contribution in [2.24, 2.45) is 0 Å². The largest absolute Gasteiger partial charge is 0.376 e. The van der Waals surface area contributed by atoms with Crippen LogP contribution in [-0.2, 0) is 11.3 Å². The van der Waals surface area contributed by atoms with Gasteiger partial charge >= 0.3 is 0 Å². The number of hydrogen-bond acceptors (Lipinski definition) is 2. The molecule has 0 bridgehead atoms. The Labute approximate surface area is 125 Å². The lowest BCUT2D eigenvalue weighted by Crippen LogP contribution is -2.31. The molecule has 112 valence electrons. The van der Waals surface area contributed by atoms with E-state index in [1.54, 1.807) is 0 Å². The number of nitrogens with one attached hydrogen (secondary N) is 1. The normalized spacial score (nSPS) is 18.2. The quantitative estimate of drug-likeness (QED) is 0.918. The third-order valence-corrected chi connectivity index (χ3v) is 4.01. The number of carbonyl (C=O) groups is 1. The minimum atomic E-state index is -0.00319. The second-order valence-electron chi connectivity index (χ2n) is 5.60. The first kappa shape index (κ1) is 14.1. The van der Waals surface area contributed by atoms with Gasteiger partial charge in [0.15, 0.2) is 0 Å². The molecule has 4 heteroatoms. The first-order valence-corrected chi connectivity index (χ1v) is 7.77. The molecule has 0 aliphatic carbocycles. The first-order chi connectivity index (χ1) is 10.3. The highest BCUT2D eigenvalue weighted by Gasteiger charge is 2.19. The van der Waals surface area contributed by atoms with Crippen molar-refractivity contribution in [2.45, 2.75) is 38.8 Å². The first-order valence-electron chi connectivity index (χ1n) is 7.77. The Kier molecular flexibility index (Phi) is 4.25. The van der Waals surface area contributed by atoms with E-state index < -0.39 is 0 Å². The van der Waals surface area contributed by atoms with Gasteiger partial charge in [0.05, 0.1) is 11.7 Å². The number of ether oxygens (including phenoxy) is 1. The monoisotopic (exact) mass is 286 g/mol. The Bertz CT molecular complexity index is 627. The van der Waals surface area contributed by atoms with Crippen LogP contribution in [0.3, 0.4) is 0 Å². The van der Waals surface area contributed by atoms with Gasteiger partial charge in [0, 0.05) is 36.8 Å². The summed E-state index contributed by atoms with van der Waals surface area (Å²) in [5, 5.41) is 4.04. The lowest BCUT2D eigenvalue weighted by Gasteiger charge is -2.10. The van der Waals surface area contributed by atoms with E-state index in [1.165, 1.54) is 0 Å². The van der Waals surface area contributed by atoms with Gasteiger partial charge in [-0.3, -0.25) is 4.79 Å². The van der Waals surface area contributed by atoms with Crippen LogP contribution in [0.4, 0.5) is 0 Å². The van der Waals surface area contributed by atoms with Gasteiger partial charge in [-0.2, -0.15) is 0 Å². The molecule has 1 saturated heterocycles. The summed E-state index contributed by atoms with van der Waals surface area (Å²) in [6.45, 7) is 4.49. The van der Waals surface area contributed by atoms with Crippen LogP contribution >= 0.6 is 0 Å². The Morgan fingerprint density at radius 1 is 1.43 bits per heavy atom. The molecule has 21 heavy (non-hydrogen) atoms. The molecule has 1 atom stereocenters. The number of fused-ring (bicyclic) bond motifs is 1. The third kappa shape index (κ3) is 2.95. The predicted octanol–water partition coefficient (Wildman–Crippen LogP) is 2.96. The number of hydrogen-bond donors (Lipinski definition) is 1. The fourth-order valence-corrected chi connectivity index (χ4v) is 2.96. The van der Waals surface area contributed by atoms with E-state index in [9.17, 15) is 4.79 Å². The number of nitrogens with zero attached hydrogens (tertiary/aromatic N) is 1. The third-order valence-electron chi connectivity index (χ3n) is 4.01. The van der Waals surface area contributed by atoms with Gasteiger partial charge in [-0.15, -0.1) is 0 Å². The maximum atomic E-state index is 12.5. The maximum absolute atomic E-state index is 12.5. The number of carbonyl (C=O) groups excluding carboxylic acids is 1. The lowest BCUT2D eigenvalue weighted by molar-refractivity contribution is 0.0859. The van der Waals surface area contributed by atoms with E-state index in [-0.39, 0.29) is 12.0 Å². The standard InChI is InChI=1S/C17H22N2O2/c1-2-9-19-12-15(14-7-3-4-8-16(14)19)17(20)18-11-13-6-5-10-21-13/h3-4,7-8,12-13H,2,5-6,9-11H2,1H3,(H,18,20). The zero-order valence-corrected chi connectivity index (χ0v) is 12.5. The molecule has 1 unspecified atom stereocenters. The zero-order chi connectivity index (χ0) is 14.7. The summed E-state index contributed by atoms with van der Waals surface area (Å²) in [4.78, 5) is 12.5. The fourth-order valence-electron chi connectivity index (χ4n) is 2.96. The van der Waals surface area contributed by atoms with Crippen LogP contribution in [0.15, 0.2) is 30.5 Å². The number of aromatic nitrogens is 1. The molecule has 4 nitrogen and oxygen atoms in total. The van der Waals surface area contributed by atoms with Gasteiger partial charge < -0.3 is 14.6 Å². The van der Waals surface area contributed by atoms with Crippen LogP contribution in [0.1, 0.15) is 36.5 Å². The van der Waals surface area contributed by atoms with Crippen LogP contribution in [-0.4, -0.2) is 29.7 Å². The summed E-state index contributed by atoms with van der Waals surface area (Å²) < 4.78 is 7.71. The summed E-state index contributed by atoms with van der Waals surface area (Å²) in [6, 6.07) is 8.09. The van der Waals surface area contributed by atoms with E-state index >= 15 is 0 Å². The second kappa shape index (κ2) is 6.31. The van der Waals surface area contributed by atoms with Crippen molar-refractivity contribution in [3.05, 3.63) is 36.0 Å². The van der Waals surface area contributed by atoms with Crippen LogP contribution in [0.5, 0.6) is 0 Å². The van der Waals surface area contributed by atoms with Gasteiger partial charge in [-0.05, 0) is 25.3 Å². The molecule has 0 saturated carbocycles. The van der Waals surface area contributed by atoms with E-state index in [2.05, 4.69) is 22.9 Å². The van der Waals surface area contributed by atoms with Gasteiger partial charge in [-0.1, -0.05) is 25.1 Å². The molecule has 3 rings (SSSR count).